The third-order valence-corrected chi connectivity index (χ3v) is 5.96. The molecule has 7 heteroatoms. The van der Waals surface area contributed by atoms with E-state index < -0.39 is 0 Å². The van der Waals surface area contributed by atoms with Gasteiger partial charge < -0.3 is 20.4 Å². The summed E-state index contributed by atoms with van der Waals surface area (Å²) in [6, 6.07) is 19.1. The Hall–Kier alpha value is -3.35. The van der Waals surface area contributed by atoms with Crippen LogP contribution in [0.15, 0.2) is 60.7 Å². The van der Waals surface area contributed by atoms with Crippen LogP contribution in [0.25, 0.3) is 0 Å². The largest absolute Gasteiger partial charge is 0.353 e. The first-order valence-corrected chi connectivity index (χ1v) is 10.8. The van der Waals surface area contributed by atoms with Crippen molar-refractivity contribution >= 4 is 23.5 Å². The molecule has 2 aromatic rings. The van der Waals surface area contributed by atoms with Gasteiger partial charge in [0.2, 0.25) is 11.8 Å². The zero-order chi connectivity index (χ0) is 21.6. The number of carbonyl (C=O) groups is 3. The molecule has 0 spiro atoms. The van der Waals surface area contributed by atoms with E-state index in [9.17, 15) is 14.4 Å². The molecule has 0 radical (unpaired) electrons. The topological polar surface area (TPSA) is 81.8 Å². The van der Waals surface area contributed by atoms with E-state index in [1.165, 1.54) is 0 Å². The predicted octanol–water partition coefficient (Wildman–Crippen LogP) is 2.85. The molecule has 4 amide bonds. The summed E-state index contributed by atoms with van der Waals surface area (Å²) in [4.78, 5) is 41.0. The molecule has 2 aromatic carbocycles. The average molecular weight is 421 g/mol. The van der Waals surface area contributed by atoms with Gasteiger partial charge in [-0.1, -0.05) is 48.5 Å². The normalized spacial score (nSPS) is 19.4. The van der Waals surface area contributed by atoms with E-state index in [-0.39, 0.29) is 36.2 Å². The molecule has 0 bridgehead atoms. The van der Waals surface area contributed by atoms with Crippen LogP contribution in [0.3, 0.4) is 0 Å². The van der Waals surface area contributed by atoms with Crippen molar-refractivity contribution in [3.63, 3.8) is 0 Å². The zero-order valence-corrected chi connectivity index (χ0v) is 17.5. The van der Waals surface area contributed by atoms with Crippen LogP contribution in [0.2, 0.25) is 0 Å². The van der Waals surface area contributed by atoms with Crippen molar-refractivity contribution in [3.8, 4) is 0 Å². The first-order valence-electron chi connectivity index (χ1n) is 10.8. The summed E-state index contributed by atoms with van der Waals surface area (Å²) in [5.74, 6) is -0.344. The van der Waals surface area contributed by atoms with Gasteiger partial charge in [0, 0.05) is 44.3 Å². The van der Waals surface area contributed by atoms with Crippen LogP contribution >= 0.6 is 0 Å². The van der Waals surface area contributed by atoms with Crippen LogP contribution < -0.4 is 10.6 Å². The molecule has 2 aliphatic heterocycles. The monoisotopic (exact) mass is 420 g/mol. The van der Waals surface area contributed by atoms with Gasteiger partial charge in [0.25, 0.3) is 0 Å². The van der Waals surface area contributed by atoms with Crippen molar-refractivity contribution in [1.82, 2.24) is 15.1 Å². The fourth-order valence-electron chi connectivity index (χ4n) is 4.17. The number of carbonyl (C=O) groups excluding carboxylic acids is 3. The van der Waals surface area contributed by atoms with Gasteiger partial charge in [-0.2, -0.15) is 0 Å². The summed E-state index contributed by atoms with van der Waals surface area (Å²) in [5.41, 5.74) is 1.84. The predicted molar refractivity (Wildman–Crippen MR) is 118 cm³/mol. The van der Waals surface area contributed by atoms with Crippen LogP contribution in [0, 0.1) is 5.92 Å². The maximum absolute atomic E-state index is 12.7. The Morgan fingerprint density at radius 3 is 2.26 bits per heavy atom. The van der Waals surface area contributed by atoms with Gasteiger partial charge in [-0.05, 0) is 30.5 Å². The van der Waals surface area contributed by atoms with Gasteiger partial charge >= 0.3 is 6.03 Å². The Morgan fingerprint density at radius 1 is 0.935 bits per heavy atom. The first kappa shape index (κ1) is 20.9. The van der Waals surface area contributed by atoms with Crippen molar-refractivity contribution in [1.29, 1.82) is 0 Å². The molecule has 2 aliphatic rings. The Bertz CT molecular complexity index is 911. The minimum atomic E-state index is -0.310. The lowest BCUT2D eigenvalue weighted by molar-refractivity contribution is -0.129. The number of hydrogen-bond acceptors (Lipinski definition) is 3. The third-order valence-electron chi connectivity index (χ3n) is 5.96. The molecule has 0 saturated carbocycles. The summed E-state index contributed by atoms with van der Waals surface area (Å²) in [6.07, 6.45) is 1.68. The van der Waals surface area contributed by atoms with E-state index in [1.54, 1.807) is 9.80 Å². The quantitative estimate of drug-likeness (QED) is 0.780. The molecule has 2 N–H and O–H groups in total. The fraction of sp³-hybridized carbons (Fsp3) is 0.375. The van der Waals surface area contributed by atoms with Crippen molar-refractivity contribution in [2.24, 2.45) is 5.92 Å². The number of nitrogens with one attached hydrogen (secondary N) is 2. The smallest absolute Gasteiger partial charge is 0.321 e. The van der Waals surface area contributed by atoms with Crippen molar-refractivity contribution in [2.45, 2.75) is 31.8 Å². The number of likely N-dealkylation sites (tertiary alicyclic amines) is 2. The van der Waals surface area contributed by atoms with Crippen LogP contribution in [0.5, 0.6) is 0 Å². The van der Waals surface area contributed by atoms with E-state index in [2.05, 4.69) is 10.6 Å². The van der Waals surface area contributed by atoms with Gasteiger partial charge in [0.15, 0.2) is 0 Å². The highest BCUT2D eigenvalue weighted by molar-refractivity contribution is 5.90. The summed E-state index contributed by atoms with van der Waals surface area (Å²) in [5, 5.41) is 6.00. The molecule has 0 aromatic heterocycles. The average Bonchev–Trinajstić information content (AvgIpc) is 3.16. The number of benzene rings is 2. The second-order valence-electron chi connectivity index (χ2n) is 8.23. The maximum atomic E-state index is 12.7. The molecule has 162 valence electrons. The van der Waals surface area contributed by atoms with Gasteiger partial charge in [0.1, 0.15) is 0 Å². The molecular formula is C24H28N4O3. The molecule has 1 unspecified atom stereocenters. The van der Waals surface area contributed by atoms with E-state index in [1.807, 2.05) is 60.7 Å². The minimum Gasteiger partial charge on any atom is -0.353 e. The number of rotatable bonds is 5. The molecule has 2 heterocycles. The second-order valence-corrected chi connectivity index (χ2v) is 8.23. The number of piperidine rings is 1. The highest BCUT2D eigenvalue weighted by atomic mass is 16.2. The number of hydrogen-bond donors (Lipinski definition) is 2. The highest BCUT2D eigenvalue weighted by Gasteiger charge is 2.35. The standard InChI is InChI=1S/C24H28N4O3/c29-22-15-19(17-28(22)16-18-7-3-1-4-8-18)23(30)25-21-11-13-27(14-12-21)24(31)26-20-9-5-2-6-10-20/h1-10,19,21H,11-17H2,(H,25,30)(H,26,31). The van der Waals surface area contributed by atoms with E-state index in [0.717, 1.165) is 11.3 Å². The second kappa shape index (κ2) is 9.64. The number of amides is 4. The molecule has 1 atom stereocenters. The van der Waals surface area contributed by atoms with E-state index in [4.69, 9.17) is 0 Å². The van der Waals surface area contributed by atoms with Gasteiger partial charge in [-0.15, -0.1) is 0 Å². The number of urea groups is 1. The summed E-state index contributed by atoms with van der Waals surface area (Å²) in [7, 11) is 0. The fourth-order valence-corrected chi connectivity index (χ4v) is 4.17. The molecule has 0 aliphatic carbocycles. The number of nitrogens with zero attached hydrogens (tertiary/aromatic N) is 2. The van der Waals surface area contributed by atoms with Crippen LogP contribution in [0.4, 0.5) is 10.5 Å². The number of para-hydroxylation sites is 1. The molecular weight excluding hydrogens is 392 g/mol. The lowest BCUT2D eigenvalue weighted by Gasteiger charge is -2.32. The zero-order valence-electron chi connectivity index (χ0n) is 17.5. The summed E-state index contributed by atoms with van der Waals surface area (Å²) in [6.45, 7) is 2.18. The molecule has 2 saturated heterocycles. The van der Waals surface area contributed by atoms with Crippen molar-refractivity contribution < 1.29 is 14.4 Å². The van der Waals surface area contributed by atoms with Gasteiger partial charge in [0.05, 0.1) is 5.92 Å². The Kier molecular flexibility index (Phi) is 6.50. The SMILES string of the molecule is O=C(NC1CCN(C(=O)Nc2ccccc2)CC1)C1CC(=O)N(Cc2ccccc2)C1. The molecule has 7 nitrogen and oxygen atoms in total. The molecule has 31 heavy (non-hydrogen) atoms. The first-order chi connectivity index (χ1) is 15.1. The van der Waals surface area contributed by atoms with Crippen LogP contribution in [-0.2, 0) is 16.1 Å². The third kappa shape index (κ3) is 5.42. The van der Waals surface area contributed by atoms with Gasteiger partial charge in [-0.25, -0.2) is 4.79 Å². The van der Waals surface area contributed by atoms with Crippen LogP contribution in [0.1, 0.15) is 24.8 Å². The lowest BCUT2D eigenvalue weighted by Crippen LogP contribution is -2.49. The Balaban J connectivity index is 1.22. The van der Waals surface area contributed by atoms with E-state index in [0.29, 0.717) is 39.0 Å². The van der Waals surface area contributed by atoms with Crippen molar-refractivity contribution in [2.75, 3.05) is 25.0 Å². The van der Waals surface area contributed by atoms with E-state index >= 15 is 0 Å². The Morgan fingerprint density at radius 2 is 1.58 bits per heavy atom. The number of anilines is 1. The van der Waals surface area contributed by atoms with Crippen LogP contribution in [-0.4, -0.2) is 53.3 Å². The van der Waals surface area contributed by atoms with Crippen molar-refractivity contribution in [3.05, 3.63) is 66.2 Å². The summed E-state index contributed by atoms with van der Waals surface area (Å²) < 4.78 is 0. The lowest BCUT2D eigenvalue weighted by atomic mass is 10.0. The maximum Gasteiger partial charge on any atom is 0.321 e. The van der Waals surface area contributed by atoms with Gasteiger partial charge in [-0.3, -0.25) is 9.59 Å². The molecule has 2 fully saturated rings. The Labute approximate surface area is 182 Å². The highest BCUT2D eigenvalue weighted by Crippen LogP contribution is 2.21. The minimum absolute atomic E-state index is 0.0244. The summed E-state index contributed by atoms with van der Waals surface area (Å²) >= 11 is 0. The molecule has 4 rings (SSSR count).